The van der Waals surface area contributed by atoms with Crippen LogP contribution in [0.4, 0.5) is 0 Å². The zero-order valence-electron chi connectivity index (χ0n) is 11.8. The fourth-order valence-corrected chi connectivity index (χ4v) is 2.67. The van der Waals surface area contributed by atoms with Crippen LogP contribution in [0.1, 0.15) is 17.2 Å². The van der Waals surface area contributed by atoms with Gasteiger partial charge in [-0.1, -0.05) is 28.1 Å². The van der Waals surface area contributed by atoms with E-state index in [1.54, 1.807) is 14.2 Å². The van der Waals surface area contributed by atoms with Crippen LogP contribution < -0.4 is 14.8 Å². The number of halogens is 1. The molecule has 0 fully saturated rings. The predicted octanol–water partition coefficient (Wildman–Crippen LogP) is 3.78. The first-order valence-electron chi connectivity index (χ1n) is 6.34. The molecule has 1 unspecified atom stereocenters. The average molecular weight is 336 g/mol. The van der Waals surface area contributed by atoms with Crippen LogP contribution in [0.2, 0.25) is 0 Å². The van der Waals surface area contributed by atoms with Crippen molar-refractivity contribution in [2.24, 2.45) is 0 Å². The molecule has 0 amide bonds. The summed E-state index contributed by atoms with van der Waals surface area (Å²) in [5, 5.41) is 3.34. The fraction of sp³-hybridized carbons (Fsp3) is 0.250. The van der Waals surface area contributed by atoms with E-state index in [0.29, 0.717) is 0 Å². The fourth-order valence-electron chi connectivity index (χ4n) is 2.19. The smallest absolute Gasteiger partial charge is 0.119 e. The normalized spacial score (nSPS) is 12.0. The molecule has 1 atom stereocenters. The van der Waals surface area contributed by atoms with Gasteiger partial charge in [-0.25, -0.2) is 0 Å². The monoisotopic (exact) mass is 335 g/mol. The van der Waals surface area contributed by atoms with Crippen molar-refractivity contribution in [2.45, 2.75) is 6.04 Å². The van der Waals surface area contributed by atoms with Crippen molar-refractivity contribution in [2.75, 3.05) is 21.3 Å². The lowest BCUT2D eigenvalue weighted by atomic mass is 9.98. The van der Waals surface area contributed by atoms with E-state index in [0.717, 1.165) is 27.1 Å². The summed E-state index contributed by atoms with van der Waals surface area (Å²) in [6, 6.07) is 14.1. The number of methoxy groups -OCH3 is 2. The molecule has 0 saturated heterocycles. The highest BCUT2D eigenvalue weighted by Crippen LogP contribution is 2.32. The second-order valence-corrected chi connectivity index (χ2v) is 5.24. The molecule has 0 aliphatic rings. The first-order chi connectivity index (χ1) is 9.69. The molecule has 0 saturated carbocycles. The van der Waals surface area contributed by atoms with Gasteiger partial charge in [-0.05, 0) is 48.5 Å². The number of rotatable bonds is 5. The van der Waals surface area contributed by atoms with E-state index in [9.17, 15) is 0 Å². The van der Waals surface area contributed by atoms with Gasteiger partial charge in [0.1, 0.15) is 11.5 Å². The summed E-state index contributed by atoms with van der Waals surface area (Å²) >= 11 is 3.61. The van der Waals surface area contributed by atoms with Gasteiger partial charge in [-0.2, -0.15) is 0 Å². The van der Waals surface area contributed by atoms with Crippen LogP contribution in [-0.2, 0) is 0 Å². The second-order valence-electron chi connectivity index (χ2n) is 4.39. The van der Waals surface area contributed by atoms with Crippen molar-refractivity contribution in [1.82, 2.24) is 5.32 Å². The number of nitrogens with one attached hydrogen (secondary N) is 1. The molecule has 106 valence electrons. The Morgan fingerprint density at radius 3 is 2.35 bits per heavy atom. The van der Waals surface area contributed by atoms with Gasteiger partial charge in [0, 0.05) is 4.47 Å². The van der Waals surface area contributed by atoms with Crippen molar-refractivity contribution >= 4 is 15.9 Å². The lowest BCUT2D eigenvalue weighted by Crippen LogP contribution is -2.18. The summed E-state index contributed by atoms with van der Waals surface area (Å²) in [6.07, 6.45) is 0. The summed E-state index contributed by atoms with van der Waals surface area (Å²) in [5.41, 5.74) is 2.26. The highest BCUT2D eigenvalue weighted by molar-refractivity contribution is 9.10. The Hall–Kier alpha value is -1.52. The minimum Gasteiger partial charge on any atom is -0.497 e. The Bertz CT molecular complexity index is 586. The third-order valence-electron chi connectivity index (χ3n) is 3.23. The first kappa shape index (κ1) is 14.9. The van der Waals surface area contributed by atoms with E-state index in [4.69, 9.17) is 9.47 Å². The average Bonchev–Trinajstić information content (AvgIpc) is 2.50. The Morgan fingerprint density at radius 1 is 1.00 bits per heavy atom. The van der Waals surface area contributed by atoms with Crippen LogP contribution in [0.5, 0.6) is 11.5 Å². The molecule has 0 bridgehead atoms. The van der Waals surface area contributed by atoms with E-state index in [1.165, 1.54) is 0 Å². The molecule has 0 heterocycles. The zero-order valence-corrected chi connectivity index (χ0v) is 13.4. The molecule has 4 heteroatoms. The predicted molar refractivity (Wildman–Crippen MR) is 84.6 cm³/mol. The van der Waals surface area contributed by atoms with Crippen molar-refractivity contribution in [3.05, 3.63) is 58.1 Å². The summed E-state index contributed by atoms with van der Waals surface area (Å²) in [7, 11) is 5.29. The first-order valence-corrected chi connectivity index (χ1v) is 7.13. The quantitative estimate of drug-likeness (QED) is 0.902. The summed E-state index contributed by atoms with van der Waals surface area (Å²) in [4.78, 5) is 0. The van der Waals surface area contributed by atoms with E-state index in [-0.39, 0.29) is 6.04 Å². The number of benzene rings is 2. The van der Waals surface area contributed by atoms with E-state index in [2.05, 4.69) is 27.3 Å². The van der Waals surface area contributed by atoms with E-state index < -0.39 is 0 Å². The third-order valence-corrected chi connectivity index (χ3v) is 3.95. The molecule has 1 N–H and O–H groups in total. The van der Waals surface area contributed by atoms with Gasteiger partial charge in [0.25, 0.3) is 0 Å². The van der Waals surface area contributed by atoms with Crippen LogP contribution in [-0.4, -0.2) is 21.3 Å². The SMILES string of the molecule is CNC(c1cccc(OC)c1)c1cc(OC)ccc1Br. The van der Waals surface area contributed by atoms with Gasteiger partial charge < -0.3 is 14.8 Å². The van der Waals surface area contributed by atoms with Crippen molar-refractivity contribution in [1.29, 1.82) is 0 Å². The third kappa shape index (κ3) is 3.14. The standard InChI is InChI=1S/C16H18BrNO2/c1-18-16(11-5-4-6-12(9-11)19-2)14-10-13(20-3)7-8-15(14)17/h4-10,16,18H,1-3H3. The topological polar surface area (TPSA) is 30.5 Å². The van der Waals surface area contributed by atoms with Crippen molar-refractivity contribution in [3.63, 3.8) is 0 Å². The minimum atomic E-state index is 0.0644. The number of hydrogen-bond acceptors (Lipinski definition) is 3. The molecule has 0 aliphatic carbocycles. The van der Waals surface area contributed by atoms with Gasteiger partial charge >= 0.3 is 0 Å². The summed E-state index contributed by atoms with van der Waals surface area (Å²) in [6.45, 7) is 0. The van der Waals surface area contributed by atoms with E-state index >= 15 is 0 Å². The molecule has 2 aromatic carbocycles. The van der Waals surface area contributed by atoms with Gasteiger partial charge in [-0.3, -0.25) is 0 Å². The van der Waals surface area contributed by atoms with Crippen molar-refractivity contribution < 1.29 is 9.47 Å². The lowest BCUT2D eigenvalue weighted by Gasteiger charge is -2.20. The highest BCUT2D eigenvalue weighted by Gasteiger charge is 2.16. The Labute approximate surface area is 128 Å². The Balaban J connectivity index is 2.45. The maximum absolute atomic E-state index is 5.31. The highest BCUT2D eigenvalue weighted by atomic mass is 79.9. The lowest BCUT2D eigenvalue weighted by molar-refractivity contribution is 0.412. The Morgan fingerprint density at radius 2 is 1.70 bits per heavy atom. The maximum Gasteiger partial charge on any atom is 0.119 e. The molecule has 2 aromatic rings. The molecule has 2 rings (SSSR count). The molecule has 20 heavy (non-hydrogen) atoms. The second kappa shape index (κ2) is 6.77. The maximum atomic E-state index is 5.31. The Kier molecular flexibility index (Phi) is 5.04. The van der Waals surface area contributed by atoms with Crippen molar-refractivity contribution in [3.8, 4) is 11.5 Å². The number of ether oxygens (including phenoxy) is 2. The van der Waals surface area contributed by atoms with Crippen LogP contribution in [0.15, 0.2) is 46.9 Å². The molecule has 0 spiro atoms. The molecule has 0 radical (unpaired) electrons. The molecule has 3 nitrogen and oxygen atoms in total. The van der Waals surface area contributed by atoms with Gasteiger partial charge in [0.05, 0.1) is 20.3 Å². The minimum absolute atomic E-state index is 0.0644. The summed E-state index contributed by atoms with van der Waals surface area (Å²) < 4.78 is 11.7. The number of hydrogen-bond donors (Lipinski definition) is 1. The summed E-state index contributed by atoms with van der Waals surface area (Å²) in [5.74, 6) is 1.69. The molecule has 0 aromatic heterocycles. The van der Waals surface area contributed by atoms with E-state index in [1.807, 2.05) is 43.4 Å². The van der Waals surface area contributed by atoms with Gasteiger partial charge in [0.15, 0.2) is 0 Å². The van der Waals surface area contributed by atoms with Crippen LogP contribution in [0.25, 0.3) is 0 Å². The van der Waals surface area contributed by atoms with Crippen LogP contribution >= 0.6 is 15.9 Å². The molecule has 0 aliphatic heterocycles. The molecular formula is C16H18BrNO2. The molecular weight excluding hydrogens is 318 g/mol. The van der Waals surface area contributed by atoms with Gasteiger partial charge in [0.2, 0.25) is 0 Å². The van der Waals surface area contributed by atoms with Crippen LogP contribution in [0.3, 0.4) is 0 Å². The van der Waals surface area contributed by atoms with Crippen LogP contribution in [0, 0.1) is 0 Å². The zero-order chi connectivity index (χ0) is 14.5. The largest absolute Gasteiger partial charge is 0.497 e. The van der Waals surface area contributed by atoms with Gasteiger partial charge in [-0.15, -0.1) is 0 Å².